The van der Waals surface area contributed by atoms with Gasteiger partial charge in [0.05, 0.1) is 19.2 Å². The molecule has 59 heavy (non-hydrogen) atoms. The second-order valence-electron chi connectivity index (χ2n) is 17.9. The van der Waals surface area contributed by atoms with E-state index in [1.165, 1.54) is 16.0 Å². The second-order valence-corrected chi connectivity index (χ2v) is 17.9. The summed E-state index contributed by atoms with van der Waals surface area (Å²) in [5, 5.41) is 14.6. The Morgan fingerprint density at radius 1 is 1.05 bits per heavy atom. The van der Waals surface area contributed by atoms with Gasteiger partial charge in [-0.1, -0.05) is 48.5 Å². The molecule has 0 radical (unpaired) electrons. The topological polar surface area (TPSA) is 173 Å². The van der Waals surface area contributed by atoms with E-state index in [4.69, 9.17) is 23.8 Å². The quantitative estimate of drug-likeness (QED) is 0.251. The molecule has 15 nitrogen and oxygen atoms in total. The molecule has 1 saturated carbocycles. The van der Waals surface area contributed by atoms with E-state index in [1.54, 1.807) is 45.8 Å². The van der Waals surface area contributed by atoms with Gasteiger partial charge in [-0.25, -0.2) is 0 Å². The molecular weight excluding hydrogens is 761 g/mol. The van der Waals surface area contributed by atoms with Gasteiger partial charge in [0, 0.05) is 52.4 Å². The van der Waals surface area contributed by atoms with Crippen LogP contribution in [0, 0.1) is 5.41 Å². The summed E-state index contributed by atoms with van der Waals surface area (Å²) in [7, 11) is 3.35. The van der Waals surface area contributed by atoms with Crippen molar-refractivity contribution >= 4 is 35.7 Å². The van der Waals surface area contributed by atoms with Crippen LogP contribution >= 0.6 is 0 Å². The monoisotopic (exact) mass is 814 g/mol. The van der Waals surface area contributed by atoms with E-state index in [1.807, 2.05) is 48.5 Å². The van der Waals surface area contributed by atoms with E-state index in [0.29, 0.717) is 25.7 Å². The van der Waals surface area contributed by atoms with Crippen LogP contribution in [0.2, 0.25) is 0 Å². The van der Waals surface area contributed by atoms with Crippen molar-refractivity contribution < 1.29 is 52.9 Å². The fourth-order valence-electron chi connectivity index (χ4n) is 9.77. The standard InChI is InChI=1S/C44H54N4O11/c1-42(2,3)56-34(51)18-16-30(25-49)45-39(52)31-14-9-19-47(31)41(54)44-23-32-35-36(58-43(57-35)21-28-12-6-7-13-29(28)22-43)38(44)59-48(37(44)40(53)55-32)24-27-11-8-10-26(20-27)15-17-33(50)46(4)5/h6-8,10-13,15,17,20,30-32,35-38,49H,9,14,16,18-19,21-25H2,1-5H3,(H,45,52)/t30-,31+,32-,35-,36-,37-,38+,44-/m0/s1. The third kappa shape index (κ3) is 7.79. The number of rotatable bonds is 11. The van der Waals surface area contributed by atoms with Crippen molar-refractivity contribution in [1.82, 2.24) is 20.2 Å². The Morgan fingerprint density at radius 2 is 1.78 bits per heavy atom. The number of benzene rings is 2. The normalized spacial score (nSPS) is 29.6. The Kier molecular flexibility index (Phi) is 11.0. The number of fused-ring (bicyclic) bond motifs is 5. The molecule has 5 fully saturated rings. The molecule has 4 saturated heterocycles. The van der Waals surface area contributed by atoms with Crippen molar-refractivity contribution in [3.05, 3.63) is 76.9 Å². The van der Waals surface area contributed by atoms with Crippen molar-refractivity contribution in [2.45, 2.75) is 126 Å². The van der Waals surface area contributed by atoms with Gasteiger partial charge in [-0.05, 0) is 68.4 Å². The van der Waals surface area contributed by atoms with Gasteiger partial charge in [0.1, 0.15) is 41.5 Å². The summed E-state index contributed by atoms with van der Waals surface area (Å²) in [6.45, 7) is 5.27. The molecule has 2 bridgehead atoms. The molecule has 0 unspecified atom stereocenters. The Morgan fingerprint density at radius 3 is 2.47 bits per heavy atom. The third-order valence-corrected chi connectivity index (χ3v) is 12.3. The number of hydrogen-bond acceptors (Lipinski definition) is 12. The summed E-state index contributed by atoms with van der Waals surface area (Å²) in [4.78, 5) is 78.4. The largest absolute Gasteiger partial charge is 0.460 e. The summed E-state index contributed by atoms with van der Waals surface area (Å²) in [5.74, 6) is -3.12. The van der Waals surface area contributed by atoms with Crippen molar-refractivity contribution in [2.24, 2.45) is 5.41 Å². The number of likely N-dealkylation sites (N-methyl/N-ethyl adjacent to an activating group) is 1. The van der Waals surface area contributed by atoms with E-state index in [-0.39, 0.29) is 38.3 Å². The molecule has 2 N–H and O–H groups in total. The fraction of sp³-hybridized carbons (Fsp3) is 0.568. The molecule has 4 heterocycles. The van der Waals surface area contributed by atoms with Gasteiger partial charge in [-0.2, -0.15) is 5.06 Å². The number of hydrogen-bond donors (Lipinski definition) is 2. The van der Waals surface area contributed by atoms with E-state index in [9.17, 15) is 24.3 Å². The van der Waals surface area contributed by atoms with Gasteiger partial charge in [-0.3, -0.25) is 28.8 Å². The number of hydroxylamine groups is 2. The number of carbonyl (C=O) groups excluding carboxylic acids is 5. The first-order valence-electron chi connectivity index (χ1n) is 20.6. The molecule has 6 aliphatic rings. The minimum absolute atomic E-state index is 0.0101. The fourth-order valence-corrected chi connectivity index (χ4v) is 9.77. The number of amides is 3. The maximum atomic E-state index is 15.5. The average molecular weight is 815 g/mol. The number of ether oxygens (including phenoxy) is 4. The van der Waals surface area contributed by atoms with E-state index < -0.39 is 89.7 Å². The smallest absolute Gasteiger partial charge is 0.327 e. The van der Waals surface area contributed by atoms with Crippen LogP contribution in [-0.2, 0) is 67.1 Å². The zero-order chi connectivity index (χ0) is 41.9. The number of aliphatic hydroxyl groups is 1. The first-order chi connectivity index (χ1) is 28.1. The highest BCUT2D eigenvalue weighted by Gasteiger charge is 2.77. The minimum Gasteiger partial charge on any atom is -0.460 e. The maximum absolute atomic E-state index is 15.5. The van der Waals surface area contributed by atoms with Crippen LogP contribution in [0.3, 0.4) is 0 Å². The number of nitrogens with one attached hydrogen (secondary N) is 1. The number of esters is 2. The van der Waals surface area contributed by atoms with Gasteiger partial charge < -0.3 is 39.2 Å². The van der Waals surface area contributed by atoms with Gasteiger partial charge in [0.15, 0.2) is 11.8 Å². The third-order valence-electron chi connectivity index (χ3n) is 12.3. The van der Waals surface area contributed by atoms with Crippen LogP contribution in [0.5, 0.6) is 0 Å². The van der Waals surface area contributed by atoms with Gasteiger partial charge in [-0.15, -0.1) is 0 Å². The van der Waals surface area contributed by atoms with Crippen LogP contribution in [0.1, 0.15) is 75.1 Å². The molecule has 2 aromatic rings. The summed E-state index contributed by atoms with van der Waals surface area (Å²) in [6, 6.07) is 12.7. The van der Waals surface area contributed by atoms with E-state index in [2.05, 4.69) is 5.32 Å². The Labute approximate surface area is 343 Å². The molecule has 4 aliphatic heterocycles. The number of carbonyl (C=O) groups is 5. The van der Waals surface area contributed by atoms with Gasteiger partial charge in [0.25, 0.3) is 0 Å². The lowest BCUT2D eigenvalue weighted by atomic mass is 9.62. The molecule has 2 aromatic carbocycles. The first kappa shape index (κ1) is 41.1. The Bertz CT molecular complexity index is 2010. The highest BCUT2D eigenvalue weighted by atomic mass is 16.8. The minimum atomic E-state index is -1.49. The molecule has 8 rings (SSSR count). The summed E-state index contributed by atoms with van der Waals surface area (Å²) in [6.07, 6.45) is 2.09. The molecule has 1 spiro atoms. The number of nitrogens with zero attached hydrogens (tertiary/aromatic N) is 3. The van der Waals surface area contributed by atoms with Crippen molar-refractivity contribution in [1.29, 1.82) is 0 Å². The second kappa shape index (κ2) is 15.7. The lowest BCUT2D eigenvalue weighted by molar-refractivity contribution is -0.218. The highest BCUT2D eigenvalue weighted by Crippen LogP contribution is 2.59. The first-order valence-corrected chi connectivity index (χ1v) is 20.6. The Hall–Kier alpha value is -4.67. The van der Waals surface area contributed by atoms with E-state index >= 15 is 4.79 Å². The van der Waals surface area contributed by atoms with Crippen molar-refractivity contribution in [3.8, 4) is 0 Å². The predicted molar refractivity (Wildman–Crippen MR) is 210 cm³/mol. The molecule has 8 atom stereocenters. The zero-order valence-electron chi connectivity index (χ0n) is 34.3. The van der Waals surface area contributed by atoms with Gasteiger partial charge in [0.2, 0.25) is 17.7 Å². The summed E-state index contributed by atoms with van der Waals surface area (Å²) in [5.41, 5.74) is 1.57. The number of likely N-dealkylation sites (tertiary alicyclic amines) is 1. The molecule has 316 valence electrons. The zero-order valence-corrected chi connectivity index (χ0v) is 34.3. The maximum Gasteiger partial charge on any atom is 0.327 e. The predicted octanol–water partition coefficient (Wildman–Crippen LogP) is 2.46. The number of aliphatic hydroxyl groups excluding tert-OH is 1. The lowest BCUT2D eigenvalue weighted by Gasteiger charge is -2.50. The molecular formula is C44H54N4O11. The molecule has 2 aliphatic carbocycles. The average Bonchev–Trinajstić information content (AvgIpc) is 3.98. The molecule has 3 amide bonds. The lowest BCUT2D eigenvalue weighted by Crippen LogP contribution is -2.70. The summed E-state index contributed by atoms with van der Waals surface area (Å²) >= 11 is 0. The van der Waals surface area contributed by atoms with Crippen LogP contribution in [0.15, 0.2) is 54.6 Å². The SMILES string of the molecule is CN(C)C(=O)C=Cc1cccc(CN2O[C@@H]3[C@H]4OC5(Cc6ccccc6C5)O[C@H]4[C@@H]4C[C@]3(C(=O)N3CCC[C@@H]3C(=O)N[C@H](CO)CCC(=O)OC(C)(C)C)[C@@H]2C(=O)O4)c1. The van der Waals surface area contributed by atoms with Crippen LogP contribution < -0.4 is 5.32 Å². The summed E-state index contributed by atoms with van der Waals surface area (Å²) < 4.78 is 25.3. The van der Waals surface area contributed by atoms with Crippen molar-refractivity contribution in [3.63, 3.8) is 0 Å². The van der Waals surface area contributed by atoms with Crippen LogP contribution in [-0.4, -0.2) is 131 Å². The molecule has 15 heteroatoms. The van der Waals surface area contributed by atoms with Crippen molar-refractivity contribution in [2.75, 3.05) is 27.2 Å². The van der Waals surface area contributed by atoms with E-state index in [0.717, 1.165) is 22.3 Å². The van der Waals surface area contributed by atoms with Gasteiger partial charge >= 0.3 is 11.9 Å². The molecule has 0 aromatic heterocycles. The highest BCUT2D eigenvalue weighted by molar-refractivity contribution is 5.97. The van der Waals surface area contributed by atoms with Crippen LogP contribution in [0.4, 0.5) is 0 Å². The Balaban J connectivity index is 1.08. The van der Waals surface area contributed by atoms with Crippen LogP contribution in [0.25, 0.3) is 6.08 Å².